The molecule has 1 saturated heterocycles. The van der Waals surface area contributed by atoms with Crippen molar-refractivity contribution >= 4 is 17.8 Å². The van der Waals surface area contributed by atoms with E-state index in [9.17, 15) is 27.6 Å². The number of imide groups is 1. The molecule has 0 aliphatic carbocycles. The van der Waals surface area contributed by atoms with Gasteiger partial charge >= 0.3 is 12.2 Å². The first-order chi connectivity index (χ1) is 11.8. The number of carbonyl (C=O) groups excluding carboxylic acids is 3. The van der Waals surface area contributed by atoms with Crippen LogP contribution < -0.4 is 10.6 Å². The summed E-state index contributed by atoms with van der Waals surface area (Å²) in [6.45, 7) is 5.64. The summed E-state index contributed by atoms with van der Waals surface area (Å²) < 4.78 is 41.3. The molecular weight excluding hydrogens is 351 g/mol. The molecule has 0 spiro atoms. The van der Waals surface area contributed by atoms with E-state index < -0.39 is 41.1 Å². The fourth-order valence-corrected chi connectivity index (χ4v) is 2.48. The summed E-state index contributed by atoms with van der Waals surface area (Å²) in [5.41, 5.74) is -4.20. The second-order valence-corrected chi connectivity index (χ2v) is 7.14. The van der Waals surface area contributed by atoms with Gasteiger partial charge in [0.1, 0.15) is 0 Å². The Hall–Kier alpha value is -2.58. The minimum absolute atomic E-state index is 0.478. The number of carbonyl (C=O) groups is 3. The van der Waals surface area contributed by atoms with Gasteiger partial charge in [0, 0.05) is 5.41 Å². The zero-order valence-electron chi connectivity index (χ0n) is 14.8. The minimum atomic E-state index is -5.22. The van der Waals surface area contributed by atoms with Gasteiger partial charge in [0.25, 0.3) is 11.6 Å². The van der Waals surface area contributed by atoms with Crippen molar-refractivity contribution in [2.45, 2.75) is 45.6 Å². The largest absolute Gasteiger partial charge is 0.440 e. The summed E-state index contributed by atoms with van der Waals surface area (Å²) >= 11 is 0. The standard InChI is InChI=1S/C17H20F3N3O3/c1-10(11-8-6-5-7-9-11)23-13(25)16(17(18,19)20,22-14(23)26)21-12(24)15(2,3)4/h5-10H,1-4H3,(H,21,24)(H,22,26)/t10-,16+/m1/s1. The van der Waals surface area contributed by atoms with Crippen molar-refractivity contribution in [1.82, 2.24) is 15.5 Å². The molecule has 9 heteroatoms. The van der Waals surface area contributed by atoms with Gasteiger partial charge in [-0.15, -0.1) is 0 Å². The molecule has 0 unspecified atom stereocenters. The van der Waals surface area contributed by atoms with Gasteiger partial charge in [0.15, 0.2) is 0 Å². The van der Waals surface area contributed by atoms with Gasteiger partial charge in [0.05, 0.1) is 6.04 Å². The van der Waals surface area contributed by atoms with Crippen LogP contribution in [0.15, 0.2) is 30.3 Å². The lowest BCUT2D eigenvalue weighted by molar-refractivity contribution is -0.205. The van der Waals surface area contributed by atoms with Crippen LogP contribution in [0.5, 0.6) is 0 Å². The van der Waals surface area contributed by atoms with Crippen LogP contribution in [0.2, 0.25) is 0 Å². The van der Waals surface area contributed by atoms with Crippen molar-refractivity contribution < 1.29 is 27.6 Å². The molecule has 0 bridgehead atoms. The number of hydrogen-bond acceptors (Lipinski definition) is 3. The summed E-state index contributed by atoms with van der Waals surface area (Å²) in [5, 5.41) is 3.34. The van der Waals surface area contributed by atoms with E-state index in [1.165, 1.54) is 27.7 Å². The van der Waals surface area contributed by atoms with Crippen LogP contribution in [-0.4, -0.2) is 34.6 Å². The number of benzene rings is 1. The van der Waals surface area contributed by atoms with Crippen LogP contribution in [0.25, 0.3) is 0 Å². The number of halogens is 3. The molecule has 0 radical (unpaired) electrons. The Morgan fingerprint density at radius 3 is 2.15 bits per heavy atom. The predicted octanol–water partition coefficient (Wildman–Crippen LogP) is 2.72. The molecule has 1 aliphatic heterocycles. The van der Waals surface area contributed by atoms with E-state index in [1.807, 2.05) is 0 Å². The molecule has 142 valence electrons. The Bertz CT molecular complexity index is 728. The Kier molecular flexibility index (Phi) is 4.78. The molecule has 6 nitrogen and oxygen atoms in total. The molecule has 1 aliphatic rings. The number of hydrogen-bond donors (Lipinski definition) is 2. The average molecular weight is 371 g/mol. The number of alkyl halides is 3. The molecule has 1 fully saturated rings. The summed E-state index contributed by atoms with van der Waals surface area (Å²) in [6, 6.07) is 5.99. The number of nitrogens with zero attached hydrogens (tertiary/aromatic N) is 1. The quantitative estimate of drug-likeness (QED) is 0.802. The number of amides is 4. The topological polar surface area (TPSA) is 78.5 Å². The molecular formula is C17H20F3N3O3. The highest BCUT2D eigenvalue weighted by molar-refractivity contribution is 6.09. The lowest BCUT2D eigenvalue weighted by Crippen LogP contribution is -2.70. The smallest absolute Gasteiger partial charge is 0.317 e. The zero-order chi connectivity index (χ0) is 19.9. The van der Waals surface area contributed by atoms with E-state index in [1.54, 1.807) is 41.0 Å². The van der Waals surface area contributed by atoms with Crippen molar-refractivity contribution in [2.24, 2.45) is 5.41 Å². The van der Waals surface area contributed by atoms with Gasteiger partial charge in [-0.2, -0.15) is 13.2 Å². The molecule has 1 aromatic rings. The van der Waals surface area contributed by atoms with Crippen LogP contribution in [0.3, 0.4) is 0 Å². The highest BCUT2D eigenvalue weighted by Gasteiger charge is 2.69. The summed E-state index contributed by atoms with van der Waals surface area (Å²) in [7, 11) is 0. The maximum Gasteiger partial charge on any atom is 0.440 e. The van der Waals surface area contributed by atoms with E-state index in [0.29, 0.717) is 10.5 Å². The van der Waals surface area contributed by atoms with Crippen LogP contribution >= 0.6 is 0 Å². The Labute approximate surface area is 148 Å². The van der Waals surface area contributed by atoms with Gasteiger partial charge in [0.2, 0.25) is 5.91 Å². The first-order valence-electron chi connectivity index (χ1n) is 7.91. The number of urea groups is 1. The second-order valence-electron chi connectivity index (χ2n) is 7.14. The SMILES string of the molecule is C[C@H](c1ccccc1)N1C(=O)N[C@](NC(=O)C(C)(C)C)(C(F)(F)F)C1=O. The van der Waals surface area contributed by atoms with Crippen molar-refractivity contribution in [3.05, 3.63) is 35.9 Å². The van der Waals surface area contributed by atoms with E-state index in [2.05, 4.69) is 0 Å². The van der Waals surface area contributed by atoms with Crippen LogP contribution in [-0.2, 0) is 9.59 Å². The van der Waals surface area contributed by atoms with Crippen LogP contribution in [0, 0.1) is 5.41 Å². The lowest BCUT2D eigenvalue weighted by atomic mass is 9.94. The molecule has 2 atom stereocenters. The van der Waals surface area contributed by atoms with Crippen LogP contribution in [0.4, 0.5) is 18.0 Å². The molecule has 2 N–H and O–H groups in total. The predicted molar refractivity (Wildman–Crippen MR) is 86.6 cm³/mol. The van der Waals surface area contributed by atoms with E-state index in [-0.39, 0.29) is 0 Å². The third kappa shape index (κ3) is 3.25. The number of rotatable bonds is 3. The molecule has 0 saturated carbocycles. The Balaban J connectivity index is 2.45. The molecule has 2 rings (SSSR count). The van der Waals surface area contributed by atoms with Crippen LogP contribution in [0.1, 0.15) is 39.3 Å². The van der Waals surface area contributed by atoms with Crippen molar-refractivity contribution in [3.8, 4) is 0 Å². The van der Waals surface area contributed by atoms with Crippen molar-refractivity contribution in [3.63, 3.8) is 0 Å². The molecule has 1 heterocycles. The monoisotopic (exact) mass is 371 g/mol. The zero-order valence-corrected chi connectivity index (χ0v) is 14.8. The third-order valence-corrected chi connectivity index (χ3v) is 4.13. The van der Waals surface area contributed by atoms with Gasteiger partial charge in [-0.25, -0.2) is 4.79 Å². The highest BCUT2D eigenvalue weighted by atomic mass is 19.4. The molecule has 1 aromatic carbocycles. The van der Waals surface area contributed by atoms with Gasteiger partial charge in [-0.05, 0) is 12.5 Å². The fraction of sp³-hybridized carbons (Fsp3) is 0.471. The maximum absolute atomic E-state index is 13.8. The summed E-state index contributed by atoms with van der Waals surface area (Å²) in [6.07, 6.45) is -5.22. The van der Waals surface area contributed by atoms with E-state index in [0.717, 1.165) is 0 Å². The Morgan fingerprint density at radius 2 is 1.69 bits per heavy atom. The first-order valence-corrected chi connectivity index (χ1v) is 7.91. The second kappa shape index (κ2) is 6.30. The fourth-order valence-electron chi connectivity index (χ4n) is 2.48. The normalized spacial score (nSPS) is 22.2. The minimum Gasteiger partial charge on any atom is -0.317 e. The summed E-state index contributed by atoms with van der Waals surface area (Å²) in [4.78, 5) is 37.5. The van der Waals surface area contributed by atoms with E-state index >= 15 is 0 Å². The van der Waals surface area contributed by atoms with Gasteiger partial charge in [-0.1, -0.05) is 51.1 Å². The first kappa shape index (κ1) is 19.7. The van der Waals surface area contributed by atoms with Gasteiger partial charge < -0.3 is 5.32 Å². The third-order valence-electron chi connectivity index (χ3n) is 4.13. The van der Waals surface area contributed by atoms with Gasteiger partial charge in [-0.3, -0.25) is 19.8 Å². The number of nitrogens with one attached hydrogen (secondary N) is 2. The van der Waals surface area contributed by atoms with Crippen molar-refractivity contribution in [2.75, 3.05) is 0 Å². The highest BCUT2D eigenvalue weighted by Crippen LogP contribution is 2.37. The van der Waals surface area contributed by atoms with E-state index in [4.69, 9.17) is 0 Å². The van der Waals surface area contributed by atoms with Crippen molar-refractivity contribution in [1.29, 1.82) is 0 Å². The maximum atomic E-state index is 13.8. The average Bonchev–Trinajstić information content (AvgIpc) is 2.78. The molecule has 0 aromatic heterocycles. The molecule has 4 amide bonds. The summed E-state index contributed by atoms with van der Waals surface area (Å²) in [5.74, 6) is -2.58. The lowest BCUT2D eigenvalue weighted by Gasteiger charge is -2.33. The molecule has 26 heavy (non-hydrogen) atoms. The Morgan fingerprint density at radius 1 is 1.15 bits per heavy atom.